The van der Waals surface area contributed by atoms with E-state index in [4.69, 9.17) is 5.73 Å². The Labute approximate surface area is 188 Å². The summed E-state index contributed by atoms with van der Waals surface area (Å²) in [5.74, 6) is 0.130. The number of hydrogen-bond donors (Lipinski definition) is 5. The number of carbonyl (C=O) groups excluding carboxylic acids is 3. The lowest BCUT2D eigenvalue weighted by Crippen LogP contribution is -2.48. The molecule has 1 aromatic rings. The van der Waals surface area contributed by atoms with Crippen molar-refractivity contribution in [1.82, 2.24) is 16.0 Å². The second-order valence-electron chi connectivity index (χ2n) is 8.34. The minimum atomic E-state index is -0.685. The van der Waals surface area contributed by atoms with Crippen LogP contribution in [0.5, 0.6) is 0 Å². The van der Waals surface area contributed by atoms with Gasteiger partial charge in [0.2, 0.25) is 11.8 Å². The number of aliphatic hydroxyl groups is 1. The maximum Gasteiger partial charge on any atom is 0.261 e. The smallest absolute Gasteiger partial charge is 0.261 e. The minimum Gasteiger partial charge on any atom is -0.392 e. The van der Waals surface area contributed by atoms with Crippen molar-refractivity contribution >= 4 is 29.1 Å². The summed E-state index contributed by atoms with van der Waals surface area (Å²) in [5.41, 5.74) is 5.71. The van der Waals surface area contributed by atoms with Gasteiger partial charge in [-0.2, -0.15) is 0 Å². The van der Waals surface area contributed by atoms with Crippen LogP contribution in [0.4, 0.5) is 0 Å². The van der Waals surface area contributed by atoms with Gasteiger partial charge in [0.25, 0.3) is 5.91 Å². The van der Waals surface area contributed by atoms with Crippen molar-refractivity contribution in [1.29, 1.82) is 0 Å². The van der Waals surface area contributed by atoms with Gasteiger partial charge in [0.1, 0.15) is 6.04 Å². The van der Waals surface area contributed by atoms with Crippen LogP contribution in [-0.4, -0.2) is 54.6 Å². The number of carbonyl (C=O) groups is 3. The van der Waals surface area contributed by atoms with Gasteiger partial charge >= 0.3 is 0 Å². The number of nitrogens with one attached hydrogen (secondary N) is 3. The molecule has 8 nitrogen and oxygen atoms in total. The number of rotatable bonds is 12. The summed E-state index contributed by atoms with van der Waals surface area (Å²) in [7, 11) is 0. The summed E-state index contributed by atoms with van der Waals surface area (Å²) in [5, 5.41) is 19.7. The number of unbranched alkanes of at least 4 members (excludes halogenated alkanes) is 1. The maximum atomic E-state index is 12.5. The van der Waals surface area contributed by atoms with Crippen LogP contribution in [0, 0.1) is 11.8 Å². The molecule has 0 unspecified atom stereocenters. The molecule has 0 aromatic carbocycles. The van der Waals surface area contributed by atoms with Gasteiger partial charge in [-0.1, -0.05) is 6.07 Å². The predicted octanol–water partition coefficient (Wildman–Crippen LogP) is 1.40. The van der Waals surface area contributed by atoms with Gasteiger partial charge in [0.15, 0.2) is 0 Å². The highest BCUT2D eigenvalue weighted by Gasteiger charge is 2.25. The fraction of sp³-hybridized carbons (Fsp3) is 0.682. The summed E-state index contributed by atoms with van der Waals surface area (Å²) in [6.45, 7) is 2.97. The van der Waals surface area contributed by atoms with Gasteiger partial charge in [-0.15, -0.1) is 11.3 Å². The van der Waals surface area contributed by atoms with E-state index in [9.17, 15) is 19.5 Å². The second-order valence-corrected chi connectivity index (χ2v) is 9.29. The Morgan fingerprint density at radius 1 is 1.19 bits per heavy atom. The van der Waals surface area contributed by atoms with Crippen LogP contribution in [0.1, 0.15) is 61.5 Å². The Hall–Kier alpha value is -1.97. The number of nitrogens with two attached hydrogens (primary N) is 1. The third kappa shape index (κ3) is 8.96. The molecule has 1 saturated carbocycles. The van der Waals surface area contributed by atoms with Gasteiger partial charge in [-0.3, -0.25) is 14.4 Å². The van der Waals surface area contributed by atoms with Crippen LogP contribution in [-0.2, 0) is 9.59 Å². The summed E-state index contributed by atoms with van der Waals surface area (Å²) < 4.78 is 0. The molecule has 3 amide bonds. The molecular formula is C22H36N4O4S. The summed E-state index contributed by atoms with van der Waals surface area (Å²) in [4.78, 5) is 37.7. The molecule has 0 bridgehead atoms. The monoisotopic (exact) mass is 452 g/mol. The van der Waals surface area contributed by atoms with E-state index in [0.717, 1.165) is 32.1 Å². The molecular weight excluding hydrogens is 416 g/mol. The van der Waals surface area contributed by atoms with E-state index in [-0.39, 0.29) is 30.2 Å². The molecule has 1 aliphatic carbocycles. The molecule has 6 N–H and O–H groups in total. The highest BCUT2D eigenvalue weighted by Crippen LogP contribution is 2.28. The lowest BCUT2D eigenvalue weighted by Gasteiger charge is -2.26. The van der Waals surface area contributed by atoms with Crippen LogP contribution in [0.25, 0.3) is 0 Å². The van der Waals surface area contributed by atoms with Crippen molar-refractivity contribution < 1.29 is 19.5 Å². The zero-order chi connectivity index (χ0) is 22.6. The number of hydrogen-bond acceptors (Lipinski definition) is 6. The molecule has 1 fully saturated rings. The third-order valence-corrected chi connectivity index (χ3v) is 6.58. The Balaban J connectivity index is 1.74. The predicted molar refractivity (Wildman–Crippen MR) is 122 cm³/mol. The first-order valence-corrected chi connectivity index (χ1v) is 12.1. The number of amides is 3. The molecule has 0 spiro atoms. The van der Waals surface area contributed by atoms with Crippen molar-refractivity contribution in [3.8, 4) is 0 Å². The van der Waals surface area contributed by atoms with Crippen molar-refractivity contribution in [3.05, 3.63) is 22.4 Å². The molecule has 1 heterocycles. The zero-order valence-electron chi connectivity index (χ0n) is 18.3. The normalized spacial score (nSPS) is 20.5. The Morgan fingerprint density at radius 3 is 2.55 bits per heavy atom. The molecule has 31 heavy (non-hydrogen) atoms. The molecule has 2 rings (SSSR count). The number of thiophene rings is 1. The van der Waals surface area contributed by atoms with Crippen LogP contribution in [0.2, 0.25) is 0 Å². The van der Waals surface area contributed by atoms with Crippen molar-refractivity contribution in [2.24, 2.45) is 17.6 Å². The largest absolute Gasteiger partial charge is 0.392 e. The van der Waals surface area contributed by atoms with Gasteiger partial charge in [0.05, 0.1) is 11.0 Å². The lowest BCUT2D eigenvalue weighted by atomic mass is 9.81. The van der Waals surface area contributed by atoms with Crippen LogP contribution < -0.4 is 21.7 Å². The van der Waals surface area contributed by atoms with Crippen molar-refractivity contribution in [2.45, 2.75) is 64.0 Å². The highest BCUT2D eigenvalue weighted by atomic mass is 32.1. The van der Waals surface area contributed by atoms with E-state index in [2.05, 4.69) is 16.0 Å². The van der Waals surface area contributed by atoms with E-state index >= 15 is 0 Å². The number of aliphatic hydroxyl groups excluding tert-OH is 1. The van der Waals surface area contributed by atoms with Gasteiger partial charge in [-0.25, -0.2) is 0 Å². The molecule has 0 aliphatic heterocycles. The standard InChI is InChI=1S/C22H36N4O4S/c1-15(27)14-25-21(29)18(26-22(30)19-6-4-12-31-19)5-2-3-11-24-20(28)17-9-7-16(13-23)8-10-17/h4,6,12,15-18,27H,2-3,5,7-11,13-14,23H2,1H3,(H,24,28)(H,25,29)(H,26,30)/t15-,16?,17?,18-/m1/s1. The molecule has 174 valence electrons. The fourth-order valence-electron chi connectivity index (χ4n) is 3.77. The fourth-order valence-corrected chi connectivity index (χ4v) is 4.39. The van der Waals surface area contributed by atoms with Crippen LogP contribution in [0.3, 0.4) is 0 Å². The van der Waals surface area contributed by atoms with Crippen molar-refractivity contribution in [3.63, 3.8) is 0 Å². The quantitative estimate of drug-likeness (QED) is 0.306. The molecule has 1 aliphatic rings. The van der Waals surface area contributed by atoms with Gasteiger partial charge < -0.3 is 26.8 Å². The average molecular weight is 453 g/mol. The average Bonchev–Trinajstić information content (AvgIpc) is 3.31. The first-order chi connectivity index (χ1) is 14.9. The SMILES string of the molecule is C[C@@H](O)CNC(=O)[C@@H](CCCCNC(=O)C1CCC(CN)CC1)NC(=O)c1cccs1. The van der Waals surface area contributed by atoms with E-state index in [1.54, 1.807) is 19.1 Å². The van der Waals surface area contributed by atoms with Gasteiger partial charge in [-0.05, 0) is 75.8 Å². The van der Waals surface area contributed by atoms with Crippen LogP contribution >= 0.6 is 11.3 Å². The summed E-state index contributed by atoms with van der Waals surface area (Å²) >= 11 is 1.31. The first-order valence-electron chi connectivity index (χ1n) is 11.2. The van der Waals surface area contributed by atoms with Crippen molar-refractivity contribution in [2.75, 3.05) is 19.6 Å². The Bertz CT molecular complexity index is 688. The van der Waals surface area contributed by atoms with Crippen LogP contribution in [0.15, 0.2) is 17.5 Å². The summed E-state index contributed by atoms with van der Waals surface area (Å²) in [6, 6.07) is 2.81. The van der Waals surface area contributed by atoms with E-state index < -0.39 is 12.1 Å². The first kappa shape index (κ1) is 25.3. The second kappa shape index (κ2) is 13.4. The molecule has 0 saturated heterocycles. The topological polar surface area (TPSA) is 134 Å². The molecule has 0 radical (unpaired) electrons. The lowest BCUT2D eigenvalue weighted by molar-refractivity contribution is -0.126. The molecule has 9 heteroatoms. The summed E-state index contributed by atoms with van der Waals surface area (Å²) in [6.07, 6.45) is 5.02. The van der Waals surface area contributed by atoms with E-state index in [0.29, 0.717) is 36.7 Å². The Morgan fingerprint density at radius 2 is 1.94 bits per heavy atom. The van der Waals surface area contributed by atoms with E-state index in [1.807, 2.05) is 5.38 Å². The molecule has 1 aromatic heterocycles. The van der Waals surface area contributed by atoms with Gasteiger partial charge in [0, 0.05) is 19.0 Å². The zero-order valence-corrected chi connectivity index (χ0v) is 19.1. The third-order valence-electron chi connectivity index (χ3n) is 5.71. The maximum absolute atomic E-state index is 12.5. The highest BCUT2D eigenvalue weighted by molar-refractivity contribution is 7.12. The van der Waals surface area contributed by atoms with E-state index in [1.165, 1.54) is 11.3 Å². The molecule has 2 atom stereocenters. The Kier molecular flexibility index (Phi) is 11.0. The minimum absolute atomic E-state index is 0.0758.